The zero-order chi connectivity index (χ0) is 21.9. The van der Waals surface area contributed by atoms with Crippen LogP contribution in [0.4, 0.5) is 11.4 Å². The Morgan fingerprint density at radius 1 is 1.13 bits per heavy atom. The van der Waals surface area contributed by atoms with Crippen LogP contribution in [0.25, 0.3) is 0 Å². The zero-order valence-corrected chi connectivity index (χ0v) is 17.7. The number of nitrogens with zero attached hydrogens (tertiary/aromatic N) is 2. The molecule has 0 spiro atoms. The van der Waals surface area contributed by atoms with Crippen molar-refractivity contribution < 1.29 is 23.0 Å². The van der Waals surface area contributed by atoms with E-state index in [2.05, 4.69) is 5.32 Å². The number of hydrogen-bond acceptors (Lipinski definition) is 5. The number of quaternary nitrogens is 1. The molecule has 2 aromatic rings. The van der Waals surface area contributed by atoms with E-state index in [9.17, 15) is 23.3 Å². The molecular weight excluding hydrogens is 408 g/mol. The Morgan fingerprint density at radius 2 is 1.80 bits per heavy atom. The third-order valence-electron chi connectivity index (χ3n) is 5.31. The number of benzene rings is 2. The van der Waals surface area contributed by atoms with Gasteiger partial charge in [0.05, 0.1) is 31.1 Å². The van der Waals surface area contributed by atoms with Gasteiger partial charge >= 0.3 is 0 Å². The van der Waals surface area contributed by atoms with Gasteiger partial charge in [-0.2, -0.15) is 4.31 Å². The largest absolute Gasteiger partial charge is 0.325 e. The molecule has 1 amide bonds. The summed E-state index contributed by atoms with van der Waals surface area (Å²) in [7, 11) is -3.97. The van der Waals surface area contributed by atoms with E-state index in [-0.39, 0.29) is 30.4 Å². The van der Waals surface area contributed by atoms with Gasteiger partial charge < -0.3 is 10.2 Å². The molecule has 0 atom stereocenters. The summed E-state index contributed by atoms with van der Waals surface area (Å²) in [5.41, 5.74) is 2.55. The molecule has 0 unspecified atom stereocenters. The third kappa shape index (κ3) is 4.84. The highest BCUT2D eigenvalue weighted by Gasteiger charge is 2.35. The summed E-state index contributed by atoms with van der Waals surface area (Å²) in [6.45, 7) is 5.49. The van der Waals surface area contributed by atoms with Gasteiger partial charge in [-0.25, -0.2) is 8.42 Å². The molecule has 160 valence electrons. The number of nitro benzene ring substituents is 1. The fourth-order valence-corrected chi connectivity index (χ4v) is 5.04. The highest BCUT2D eigenvalue weighted by molar-refractivity contribution is 7.89. The number of amides is 1. The number of carbonyl (C=O) groups is 1. The van der Waals surface area contributed by atoms with Crippen LogP contribution < -0.4 is 10.2 Å². The highest BCUT2D eigenvalue weighted by atomic mass is 32.2. The summed E-state index contributed by atoms with van der Waals surface area (Å²) in [6.07, 6.45) is 0. The molecule has 1 aliphatic rings. The molecule has 0 radical (unpaired) electrons. The maximum Gasteiger partial charge on any atom is 0.289 e. The molecule has 1 fully saturated rings. The quantitative estimate of drug-likeness (QED) is 0.515. The molecule has 2 N–H and O–H groups in total. The van der Waals surface area contributed by atoms with Gasteiger partial charge in [-0.3, -0.25) is 14.9 Å². The van der Waals surface area contributed by atoms with E-state index in [0.29, 0.717) is 13.1 Å². The Hall–Kier alpha value is -2.82. The smallest absolute Gasteiger partial charge is 0.289 e. The molecular formula is C20H25N4O5S+. The van der Waals surface area contributed by atoms with Crippen molar-refractivity contribution in [2.45, 2.75) is 18.7 Å². The Labute approximate surface area is 175 Å². The van der Waals surface area contributed by atoms with Crippen LogP contribution in [0.1, 0.15) is 11.1 Å². The van der Waals surface area contributed by atoms with Gasteiger partial charge in [-0.05, 0) is 43.2 Å². The van der Waals surface area contributed by atoms with E-state index < -0.39 is 20.6 Å². The third-order valence-corrected chi connectivity index (χ3v) is 7.26. The van der Waals surface area contributed by atoms with Crippen molar-refractivity contribution in [1.29, 1.82) is 0 Å². The Balaban J connectivity index is 1.60. The van der Waals surface area contributed by atoms with Crippen LogP contribution in [-0.2, 0) is 14.8 Å². The van der Waals surface area contributed by atoms with Crippen molar-refractivity contribution >= 4 is 27.3 Å². The second-order valence-corrected chi connectivity index (χ2v) is 9.31. The van der Waals surface area contributed by atoms with Gasteiger partial charge in [0.2, 0.25) is 10.0 Å². The summed E-state index contributed by atoms with van der Waals surface area (Å²) in [6, 6.07) is 11.1. The number of hydrogen-bond donors (Lipinski definition) is 2. The van der Waals surface area contributed by atoms with E-state index in [1.54, 1.807) is 0 Å². The Morgan fingerprint density at radius 3 is 2.43 bits per heavy atom. The zero-order valence-electron chi connectivity index (χ0n) is 16.9. The lowest BCUT2D eigenvalue weighted by atomic mass is 10.1. The van der Waals surface area contributed by atoms with Crippen molar-refractivity contribution in [3.63, 3.8) is 0 Å². The van der Waals surface area contributed by atoms with Gasteiger partial charge in [0, 0.05) is 11.8 Å². The molecule has 1 saturated heterocycles. The van der Waals surface area contributed by atoms with E-state index in [1.165, 1.54) is 28.6 Å². The molecule has 0 bridgehead atoms. The van der Waals surface area contributed by atoms with Crippen LogP contribution in [0.15, 0.2) is 47.4 Å². The minimum Gasteiger partial charge on any atom is -0.325 e. The first kappa shape index (κ1) is 21.9. The van der Waals surface area contributed by atoms with Crippen LogP contribution in [0.3, 0.4) is 0 Å². The normalized spacial score (nSPS) is 15.7. The maximum absolute atomic E-state index is 12.9. The lowest BCUT2D eigenvalue weighted by Gasteiger charge is -2.31. The van der Waals surface area contributed by atoms with E-state index in [1.807, 2.05) is 32.0 Å². The minimum absolute atomic E-state index is 0.136. The van der Waals surface area contributed by atoms with Crippen LogP contribution in [0.2, 0.25) is 0 Å². The molecule has 0 aromatic heterocycles. The Bertz CT molecular complexity index is 1060. The molecule has 0 saturated carbocycles. The van der Waals surface area contributed by atoms with Crippen molar-refractivity contribution in [2.24, 2.45) is 0 Å². The highest BCUT2D eigenvalue weighted by Crippen LogP contribution is 2.26. The lowest BCUT2D eigenvalue weighted by Crippen LogP contribution is -3.15. The molecule has 3 rings (SSSR count). The molecule has 0 aliphatic carbocycles. The van der Waals surface area contributed by atoms with Gasteiger partial charge in [0.15, 0.2) is 11.4 Å². The van der Waals surface area contributed by atoms with E-state index >= 15 is 0 Å². The standard InChI is InChI=1S/C20H24N4O5S/c1-15-7-8-17(13-16(15)2)21-20(25)14-22-9-11-23(12-10-22)30(28,29)19-6-4-3-5-18(19)24(26)27/h3-8,13H,9-12,14H2,1-2H3,(H,21,25)/p+1. The van der Waals surface area contributed by atoms with Crippen molar-refractivity contribution in [1.82, 2.24) is 4.31 Å². The first-order chi connectivity index (χ1) is 14.2. The maximum atomic E-state index is 12.9. The first-order valence-corrected chi connectivity index (χ1v) is 11.1. The summed E-state index contributed by atoms with van der Waals surface area (Å²) in [5, 5.41) is 14.1. The number of piperazine rings is 1. The second-order valence-electron chi connectivity index (χ2n) is 7.40. The topological polar surface area (TPSA) is 114 Å². The fraction of sp³-hybridized carbons (Fsp3) is 0.350. The SMILES string of the molecule is Cc1ccc(NC(=O)C[NH+]2CCN(S(=O)(=O)c3ccccc3[N+](=O)[O-])CC2)cc1C. The number of nitro groups is 1. The lowest BCUT2D eigenvalue weighted by molar-refractivity contribution is -0.895. The number of nitrogens with one attached hydrogen (secondary N) is 2. The summed E-state index contributed by atoms with van der Waals surface area (Å²) in [5.74, 6) is -0.136. The monoisotopic (exact) mass is 433 g/mol. The molecule has 10 heteroatoms. The van der Waals surface area contributed by atoms with Crippen LogP contribution >= 0.6 is 0 Å². The number of anilines is 1. The number of rotatable bonds is 6. The first-order valence-electron chi connectivity index (χ1n) is 9.62. The minimum atomic E-state index is -3.97. The number of aryl methyl sites for hydroxylation is 2. The summed E-state index contributed by atoms with van der Waals surface area (Å²) in [4.78, 5) is 23.5. The average Bonchev–Trinajstić information content (AvgIpc) is 2.71. The Kier molecular flexibility index (Phi) is 6.49. The molecule has 30 heavy (non-hydrogen) atoms. The molecule has 1 heterocycles. The molecule has 1 aliphatic heterocycles. The van der Waals surface area contributed by atoms with Crippen molar-refractivity contribution in [3.05, 3.63) is 63.7 Å². The molecule has 2 aromatic carbocycles. The van der Waals surface area contributed by atoms with Crippen molar-refractivity contribution in [3.8, 4) is 0 Å². The van der Waals surface area contributed by atoms with Crippen LogP contribution in [0, 0.1) is 24.0 Å². The van der Waals surface area contributed by atoms with E-state index in [4.69, 9.17) is 0 Å². The summed E-state index contributed by atoms with van der Waals surface area (Å²) >= 11 is 0. The van der Waals surface area contributed by atoms with Gasteiger partial charge in [0.25, 0.3) is 11.6 Å². The average molecular weight is 434 g/mol. The van der Waals surface area contributed by atoms with Gasteiger partial charge in [0.1, 0.15) is 0 Å². The summed E-state index contributed by atoms with van der Waals surface area (Å²) < 4.78 is 27.0. The fourth-order valence-electron chi connectivity index (χ4n) is 3.44. The van der Waals surface area contributed by atoms with E-state index in [0.717, 1.165) is 21.7 Å². The van der Waals surface area contributed by atoms with Gasteiger partial charge in [-0.1, -0.05) is 18.2 Å². The van der Waals surface area contributed by atoms with Crippen molar-refractivity contribution in [2.75, 3.05) is 38.0 Å². The predicted molar refractivity (Wildman–Crippen MR) is 112 cm³/mol. The number of sulfonamides is 1. The van der Waals surface area contributed by atoms with Crippen LogP contribution in [0.5, 0.6) is 0 Å². The number of para-hydroxylation sites is 1. The predicted octanol–water partition coefficient (Wildman–Crippen LogP) is 0.740. The molecule has 9 nitrogen and oxygen atoms in total. The van der Waals surface area contributed by atoms with Crippen LogP contribution in [-0.4, -0.2) is 56.3 Å². The van der Waals surface area contributed by atoms with Gasteiger partial charge in [-0.15, -0.1) is 0 Å². The second kappa shape index (κ2) is 8.90. The number of carbonyl (C=O) groups excluding carboxylic acids is 1.